The van der Waals surface area contributed by atoms with E-state index in [1.165, 1.54) is 0 Å². The Morgan fingerprint density at radius 2 is 1.48 bits per heavy atom. The first-order chi connectivity index (χ1) is 14.1. The van der Waals surface area contributed by atoms with Crippen LogP contribution >= 0.6 is 0 Å². The average Bonchev–Trinajstić information content (AvgIpc) is 2.78. The number of nitrogens with one attached hydrogen (secondary N) is 2. The third-order valence-electron chi connectivity index (χ3n) is 4.82. The molecule has 0 fully saturated rings. The molecule has 4 N–H and O–H groups in total. The van der Waals surface area contributed by atoms with Gasteiger partial charge in [-0.1, -0.05) is 54.6 Å². The van der Waals surface area contributed by atoms with Crippen LogP contribution in [0.2, 0.25) is 0 Å². The van der Waals surface area contributed by atoms with Crippen LogP contribution in [0.4, 0.5) is 5.69 Å². The Labute approximate surface area is 170 Å². The molecule has 5 heteroatoms. The summed E-state index contributed by atoms with van der Waals surface area (Å²) < 4.78 is 0. The normalized spacial score (nSPS) is 11.5. The van der Waals surface area contributed by atoms with E-state index in [4.69, 9.17) is 5.73 Å². The van der Waals surface area contributed by atoms with Crippen molar-refractivity contribution in [2.45, 2.75) is 25.9 Å². The lowest BCUT2D eigenvalue weighted by molar-refractivity contribution is -0.122. The van der Waals surface area contributed by atoms with Gasteiger partial charge >= 0.3 is 0 Å². The van der Waals surface area contributed by atoms with Crippen LogP contribution in [0.15, 0.2) is 78.9 Å². The van der Waals surface area contributed by atoms with E-state index in [9.17, 15) is 9.59 Å². The molecular weight excluding hydrogens is 362 g/mol. The number of hydrogen-bond donors (Lipinski definition) is 3. The van der Waals surface area contributed by atoms with Crippen molar-refractivity contribution in [1.82, 2.24) is 5.32 Å². The number of benzene rings is 3. The van der Waals surface area contributed by atoms with Gasteiger partial charge in [-0.25, -0.2) is 0 Å². The predicted molar refractivity (Wildman–Crippen MR) is 115 cm³/mol. The lowest BCUT2D eigenvalue weighted by atomic mass is 10.00. The summed E-state index contributed by atoms with van der Waals surface area (Å²) in [5.74, 6) is -0.504. The van der Waals surface area contributed by atoms with E-state index in [0.29, 0.717) is 24.3 Å². The molecule has 2 amide bonds. The van der Waals surface area contributed by atoms with E-state index in [1.807, 2.05) is 73.7 Å². The molecule has 1 atom stereocenters. The summed E-state index contributed by atoms with van der Waals surface area (Å²) in [4.78, 5) is 24.7. The van der Waals surface area contributed by atoms with Gasteiger partial charge in [0.25, 0.3) is 5.91 Å². The molecule has 3 aromatic rings. The number of anilines is 1. The van der Waals surface area contributed by atoms with Crippen molar-refractivity contribution in [3.8, 4) is 0 Å². The third kappa shape index (κ3) is 5.53. The van der Waals surface area contributed by atoms with Gasteiger partial charge in [0.05, 0.1) is 5.92 Å². The first kappa shape index (κ1) is 20.3. The summed E-state index contributed by atoms with van der Waals surface area (Å²) in [5, 5.41) is 5.82. The smallest absolute Gasteiger partial charge is 0.255 e. The Balaban J connectivity index is 1.55. The topological polar surface area (TPSA) is 84.2 Å². The molecule has 148 valence electrons. The fourth-order valence-electron chi connectivity index (χ4n) is 2.93. The molecule has 0 saturated heterocycles. The third-order valence-corrected chi connectivity index (χ3v) is 4.82. The summed E-state index contributed by atoms with van der Waals surface area (Å²) in [6, 6.07) is 24.3. The molecular formula is C24H25N3O2. The number of amides is 2. The van der Waals surface area contributed by atoms with Gasteiger partial charge in [-0.15, -0.1) is 0 Å². The number of carbonyl (C=O) groups excluding carboxylic acids is 2. The molecule has 0 spiro atoms. The van der Waals surface area contributed by atoms with Crippen molar-refractivity contribution in [2.24, 2.45) is 5.73 Å². The Morgan fingerprint density at radius 1 is 0.862 bits per heavy atom. The van der Waals surface area contributed by atoms with Crippen molar-refractivity contribution in [1.29, 1.82) is 0 Å². The number of carbonyl (C=O) groups is 2. The molecule has 0 bridgehead atoms. The first-order valence-corrected chi connectivity index (χ1v) is 9.59. The number of nitrogens with two attached hydrogens (primary N) is 1. The van der Waals surface area contributed by atoms with Crippen molar-refractivity contribution in [3.63, 3.8) is 0 Å². The molecule has 0 aliphatic heterocycles. The molecule has 0 radical (unpaired) electrons. The minimum atomic E-state index is -0.294. The highest BCUT2D eigenvalue weighted by Gasteiger charge is 2.15. The van der Waals surface area contributed by atoms with Crippen molar-refractivity contribution < 1.29 is 9.59 Å². The minimum Gasteiger partial charge on any atom is -0.352 e. The van der Waals surface area contributed by atoms with Crippen LogP contribution in [0.5, 0.6) is 0 Å². The minimum absolute atomic E-state index is 0.0472. The maximum absolute atomic E-state index is 12.5. The molecule has 29 heavy (non-hydrogen) atoms. The second-order valence-electron chi connectivity index (χ2n) is 6.90. The van der Waals surface area contributed by atoms with Gasteiger partial charge in [0, 0.05) is 24.3 Å². The summed E-state index contributed by atoms with van der Waals surface area (Å²) in [6.45, 7) is 2.84. The molecule has 3 rings (SSSR count). The Hall–Kier alpha value is -3.44. The van der Waals surface area contributed by atoms with Crippen LogP contribution in [0.1, 0.15) is 39.9 Å². The largest absolute Gasteiger partial charge is 0.352 e. The second kappa shape index (κ2) is 9.66. The van der Waals surface area contributed by atoms with E-state index in [1.54, 1.807) is 12.1 Å². The summed E-state index contributed by atoms with van der Waals surface area (Å²) in [6.07, 6.45) is 0. The summed E-state index contributed by atoms with van der Waals surface area (Å²) in [7, 11) is 0. The van der Waals surface area contributed by atoms with Gasteiger partial charge < -0.3 is 16.4 Å². The van der Waals surface area contributed by atoms with Crippen LogP contribution in [-0.4, -0.2) is 11.8 Å². The Morgan fingerprint density at radius 3 is 2.10 bits per heavy atom. The SMILES string of the molecule is CC(C(=O)NCc1ccc(CN)cc1)c1ccc(NC(=O)c2ccccc2)cc1. The van der Waals surface area contributed by atoms with Crippen LogP contribution in [0, 0.1) is 0 Å². The molecule has 0 saturated carbocycles. The van der Waals surface area contributed by atoms with Gasteiger partial charge in [-0.05, 0) is 47.9 Å². The fourth-order valence-corrected chi connectivity index (χ4v) is 2.93. The highest BCUT2D eigenvalue weighted by Crippen LogP contribution is 2.19. The van der Waals surface area contributed by atoms with Crippen molar-refractivity contribution in [3.05, 3.63) is 101 Å². The zero-order valence-electron chi connectivity index (χ0n) is 16.4. The van der Waals surface area contributed by atoms with E-state index in [0.717, 1.165) is 16.7 Å². The zero-order chi connectivity index (χ0) is 20.6. The van der Waals surface area contributed by atoms with Crippen molar-refractivity contribution >= 4 is 17.5 Å². The quantitative estimate of drug-likeness (QED) is 0.576. The Kier molecular flexibility index (Phi) is 6.76. The average molecular weight is 387 g/mol. The molecule has 0 aromatic heterocycles. The lowest BCUT2D eigenvalue weighted by Crippen LogP contribution is -2.27. The van der Waals surface area contributed by atoms with Crippen LogP contribution < -0.4 is 16.4 Å². The maximum Gasteiger partial charge on any atom is 0.255 e. The standard InChI is InChI=1S/C24H25N3O2/c1-17(23(28)26-16-19-9-7-18(15-25)8-10-19)20-11-13-22(14-12-20)27-24(29)21-5-3-2-4-6-21/h2-14,17H,15-16,25H2,1H3,(H,26,28)(H,27,29). The second-order valence-corrected chi connectivity index (χ2v) is 6.90. The highest BCUT2D eigenvalue weighted by molar-refractivity contribution is 6.04. The molecule has 0 heterocycles. The van der Waals surface area contributed by atoms with Gasteiger partial charge in [0.2, 0.25) is 5.91 Å². The summed E-state index contributed by atoms with van der Waals surface area (Å²) >= 11 is 0. The highest BCUT2D eigenvalue weighted by atomic mass is 16.2. The molecule has 3 aromatic carbocycles. The number of hydrogen-bond acceptors (Lipinski definition) is 3. The van der Waals surface area contributed by atoms with Gasteiger partial charge in [-0.3, -0.25) is 9.59 Å². The summed E-state index contributed by atoms with van der Waals surface area (Å²) in [5.41, 5.74) is 9.87. The molecule has 5 nitrogen and oxygen atoms in total. The van der Waals surface area contributed by atoms with E-state index < -0.39 is 0 Å². The molecule has 1 unspecified atom stereocenters. The fraction of sp³-hybridized carbons (Fsp3) is 0.167. The monoisotopic (exact) mass is 387 g/mol. The lowest BCUT2D eigenvalue weighted by Gasteiger charge is -2.14. The predicted octanol–water partition coefficient (Wildman–Crippen LogP) is 3.82. The number of rotatable bonds is 7. The van der Waals surface area contributed by atoms with Crippen LogP contribution in [0.3, 0.4) is 0 Å². The van der Waals surface area contributed by atoms with E-state index >= 15 is 0 Å². The van der Waals surface area contributed by atoms with Gasteiger partial charge in [0.15, 0.2) is 0 Å². The maximum atomic E-state index is 12.5. The molecule has 0 aliphatic carbocycles. The zero-order valence-corrected chi connectivity index (χ0v) is 16.4. The Bertz CT molecular complexity index is 952. The van der Waals surface area contributed by atoms with Crippen LogP contribution in [-0.2, 0) is 17.9 Å². The van der Waals surface area contributed by atoms with Crippen LogP contribution in [0.25, 0.3) is 0 Å². The van der Waals surface area contributed by atoms with E-state index in [-0.39, 0.29) is 17.7 Å². The van der Waals surface area contributed by atoms with Crippen molar-refractivity contribution in [2.75, 3.05) is 5.32 Å². The van der Waals surface area contributed by atoms with E-state index in [2.05, 4.69) is 10.6 Å². The van der Waals surface area contributed by atoms with Gasteiger partial charge in [0.1, 0.15) is 0 Å². The first-order valence-electron chi connectivity index (χ1n) is 9.59. The van der Waals surface area contributed by atoms with Gasteiger partial charge in [-0.2, -0.15) is 0 Å². The molecule has 0 aliphatic rings.